The monoisotopic (exact) mass is 326 g/mol. The highest BCUT2D eigenvalue weighted by molar-refractivity contribution is 5.89. The van der Waals surface area contributed by atoms with Gasteiger partial charge in [-0.2, -0.15) is 0 Å². The van der Waals surface area contributed by atoms with Crippen molar-refractivity contribution in [2.75, 3.05) is 6.61 Å². The lowest BCUT2D eigenvalue weighted by Crippen LogP contribution is -2.44. The fourth-order valence-electron chi connectivity index (χ4n) is 2.75. The van der Waals surface area contributed by atoms with Crippen LogP contribution in [0.15, 0.2) is 12.2 Å². The van der Waals surface area contributed by atoms with Crippen LogP contribution in [0.25, 0.3) is 0 Å². The SMILES string of the molecule is C=C(C)C(=O)OC(C)C(=O)OC1(C(C)COC(C)C)CCCC1. The lowest BCUT2D eigenvalue weighted by atomic mass is 9.87. The molecule has 5 nitrogen and oxygen atoms in total. The molecule has 23 heavy (non-hydrogen) atoms. The van der Waals surface area contributed by atoms with Gasteiger partial charge in [0, 0.05) is 11.5 Å². The summed E-state index contributed by atoms with van der Waals surface area (Å²) in [6, 6.07) is 0. The third-order valence-electron chi connectivity index (χ3n) is 4.30. The summed E-state index contributed by atoms with van der Waals surface area (Å²) in [6.45, 7) is 13.1. The van der Waals surface area contributed by atoms with E-state index in [0.29, 0.717) is 6.61 Å². The Labute approximate surface area is 139 Å². The number of carbonyl (C=O) groups is 2. The largest absolute Gasteiger partial charge is 0.456 e. The van der Waals surface area contributed by atoms with Gasteiger partial charge in [0.1, 0.15) is 5.60 Å². The Bertz CT molecular complexity index is 435. The van der Waals surface area contributed by atoms with Gasteiger partial charge in [0.2, 0.25) is 0 Å². The first kappa shape index (κ1) is 19.7. The highest BCUT2D eigenvalue weighted by Gasteiger charge is 2.44. The lowest BCUT2D eigenvalue weighted by molar-refractivity contribution is -0.183. The lowest BCUT2D eigenvalue weighted by Gasteiger charge is -2.36. The second kappa shape index (κ2) is 8.48. The van der Waals surface area contributed by atoms with Crippen LogP contribution in [-0.4, -0.2) is 36.4 Å². The molecular formula is C18H30O5. The molecule has 0 spiro atoms. The zero-order chi connectivity index (χ0) is 17.6. The van der Waals surface area contributed by atoms with Gasteiger partial charge in [0.05, 0.1) is 12.7 Å². The first-order valence-corrected chi connectivity index (χ1v) is 8.39. The van der Waals surface area contributed by atoms with Crippen molar-refractivity contribution in [3.63, 3.8) is 0 Å². The van der Waals surface area contributed by atoms with Gasteiger partial charge in [-0.15, -0.1) is 0 Å². The van der Waals surface area contributed by atoms with E-state index in [2.05, 4.69) is 6.58 Å². The molecule has 0 N–H and O–H groups in total. The van der Waals surface area contributed by atoms with E-state index < -0.39 is 23.6 Å². The van der Waals surface area contributed by atoms with Gasteiger partial charge in [0.15, 0.2) is 6.10 Å². The van der Waals surface area contributed by atoms with Crippen molar-refractivity contribution in [1.29, 1.82) is 0 Å². The molecule has 0 aromatic carbocycles. The Morgan fingerprint density at radius 3 is 2.17 bits per heavy atom. The third-order valence-corrected chi connectivity index (χ3v) is 4.30. The summed E-state index contributed by atoms with van der Waals surface area (Å²) in [5, 5.41) is 0. The normalized spacial score (nSPS) is 19.2. The predicted molar refractivity (Wildman–Crippen MR) is 87.9 cm³/mol. The van der Waals surface area contributed by atoms with Crippen LogP contribution in [0.4, 0.5) is 0 Å². The quantitative estimate of drug-likeness (QED) is 0.505. The van der Waals surface area contributed by atoms with Crippen LogP contribution in [0.3, 0.4) is 0 Å². The molecule has 1 aliphatic rings. The maximum atomic E-state index is 12.3. The Balaban J connectivity index is 2.69. The van der Waals surface area contributed by atoms with Crippen molar-refractivity contribution < 1.29 is 23.8 Å². The van der Waals surface area contributed by atoms with Crippen molar-refractivity contribution in [3.05, 3.63) is 12.2 Å². The first-order chi connectivity index (χ1) is 10.7. The second-order valence-corrected chi connectivity index (χ2v) is 6.80. The minimum Gasteiger partial charge on any atom is -0.456 e. The Morgan fingerprint density at radius 1 is 1.13 bits per heavy atom. The molecule has 0 heterocycles. The van der Waals surface area contributed by atoms with E-state index in [-0.39, 0.29) is 17.6 Å². The van der Waals surface area contributed by atoms with Crippen molar-refractivity contribution in [2.45, 2.75) is 78.1 Å². The van der Waals surface area contributed by atoms with Gasteiger partial charge in [-0.3, -0.25) is 0 Å². The van der Waals surface area contributed by atoms with E-state index in [9.17, 15) is 9.59 Å². The van der Waals surface area contributed by atoms with Gasteiger partial charge in [-0.25, -0.2) is 9.59 Å². The average molecular weight is 326 g/mol. The molecular weight excluding hydrogens is 296 g/mol. The van der Waals surface area contributed by atoms with Crippen LogP contribution in [0, 0.1) is 5.92 Å². The van der Waals surface area contributed by atoms with E-state index in [1.807, 2.05) is 20.8 Å². The van der Waals surface area contributed by atoms with Crippen LogP contribution < -0.4 is 0 Å². The molecule has 2 atom stereocenters. The molecule has 5 heteroatoms. The summed E-state index contributed by atoms with van der Waals surface area (Å²) in [5.41, 5.74) is -0.255. The topological polar surface area (TPSA) is 61.8 Å². The van der Waals surface area contributed by atoms with Crippen LogP contribution in [0.5, 0.6) is 0 Å². The Hall–Kier alpha value is -1.36. The van der Waals surface area contributed by atoms with Gasteiger partial charge in [-0.1, -0.05) is 13.5 Å². The standard InChI is InChI=1S/C18H30O5/c1-12(2)16(19)22-15(6)17(20)23-18(9-7-8-10-18)14(5)11-21-13(3)4/h13-15H,1,7-11H2,2-6H3. The van der Waals surface area contributed by atoms with Crippen molar-refractivity contribution in [2.24, 2.45) is 5.92 Å². The molecule has 0 aromatic heterocycles. The summed E-state index contributed by atoms with van der Waals surface area (Å²) in [7, 11) is 0. The minimum absolute atomic E-state index is 0.0976. The molecule has 0 amide bonds. The van der Waals surface area contributed by atoms with Crippen LogP contribution >= 0.6 is 0 Å². The molecule has 1 saturated carbocycles. The van der Waals surface area contributed by atoms with Gasteiger partial charge < -0.3 is 14.2 Å². The van der Waals surface area contributed by atoms with E-state index in [1.165, 1.54) is 6.92 Å². The van der Waals surface area contributed by atoms with Gasteiger partial charge in [-0.05, 0) is 53.4 Å². The first-order valence-electron chi connectivity index (χ1n) is 8.39. The summed E-state index contributed by atoms with van der Waals surface area (Å²) >= 11 is 0. The maximum Gasteiger partial charge on any atom is 0.347 e. The number of rotatable bonds is 8. The Kier molecular flexibility index (Phi) is 7.26. The average Bonchev–Trinajstić information content (AvgIpc) is 2.93. The zero-order valence-electron chi connectivity index (χ0n) is 15.0. The van der Waals surface area contributed by atoms with E-state index in [0.717, 1.165) is 25.7 Å². The zero-order valence-corrected chi connectivity index (χ0v) is 15.0. The molecule has 1 rings (SSSR count). The Morgan fingerprint density at radius 2 is 1.70 bits per heavy atom. The smallest absolute Gasteiger partial charge is 0.347 e. The van der Waals surface area contributed by atoms with Gasteiger partial charge in [0.25, 0.3) is 0 Å². The molecule has 0 aromatic rings. The van der Waals surface area contributed by atoms with Gasteiger partial charge >= 0.3 is 11.9 Å². The van der Waals surface area contributed by atoms with Crippen LogP contribution in [0.1, 0.15) is 60.3 Å². The maximum absolute atomic E-state index is 12.3. The van der Waals surface area contributed by atoms with Crippen molar-refractivity contribution in [1.82, 2.24) is 0 Å². The number of esters is 2. The molecule has 0 bridgehead atoms. The summed E-state index contributed by atoms with van der Waals surface area (Å²) in [6.07, 6.45) is 2.90. The van der Waals surface area contributed by atoms with Crippen LogP contribution in [-0.2, 0) is 23.8 Å². The highest BCUT2D eigenvalue weighted by Crippen LogP contribution is 2.40. The molecule has 1 fully saturated rings. The summed E-state index contributed by atoms with van der Waals surface area (Å²) in [5.74, 6) is -0.982. The molecule has 0 saturated heterocycles. The fraction of sp³-hybridized carbons (Fsp3) is 0.778. The number of carbonyl (C=O) groups excluding carboxylic acids is 2. The number of hydrogen-bond acceptors (Lipinski definition) is 5. The third kappa shape index (κ3) is 5.65. The number of ether oxygens (including phenoxy) is 3. The molecule has 132 valence electrons. The van der Waals surface area contributed by atoms with Crippen molar-refractivity contribution >= 4 is 11.9 Å². The predicted octanol–water partition coefficient (Wildman–Crippen LogP) is 3.41. The second-order valence-electron chi connectivity index (χ2n) is 6.80. The molecule has 1 aliphatic carbocycles. The van der Waals surface area contributed by atoms with Crippen molar-refractivity contribution in [3.8, 4) is 0 Å². The molecule has 0 radical (unpaired) electrons. The van der Waals surface area contributed by atoms with E-state index in [4.69, 9.17) is 14.2 Å². The minimum atomic E-state index is -0.935. The fourth-order valence-corrected chi connectivity index (χ4v) is 2.75. The summed E-state index contributed by atoms with van der Waals surface area (Å²) < 4.78 is 16.6. The number of hydrogen-bond donors (Lipinski definition) is 0. The summed E-state index contributed by atoms with van der Waals surface area (Å²) in [4.78, 5) is 23.9. The molecule has 0 aliphatic heterocycles. The van der Waals surface area contributed by atoms with E-state index >= 15 is 0 Å². The molecule has 2 unspecified atom stereocenters. The van der Waals surface area contributed by atoms with Crippen LogP contribution in [0.2, 0.25) is 0 Å². The van der Waals surface area contributed by atoms with E-state index in [1.54, 1.807) is 6.92 Å². The highest BCUT2D eigenvalue weighted by atomic mass is 16.6.